The van der Waals surface area contributed by atoms with Crippen molar-refractivity contribution in [3.63, 3.8) is 0 Å². The van der Waals surface area contributed by atoms with Crippen LogP contribution in [0.4, 0.5) is 17.2 Å². The predicted octanol–water partition coefficient (Wildman–Crippen LogP) is 4.00. The van der Waals surface area contributed by atoms with E-state index in [9.17, 15) is 4.79 Å². The maximum atomic E-state index is 13.3. The third kappa shape index (κ3) is 3.63. The molecule has 152 valence electrons. The standard InChI is InChI=1S/C25H26N4O/c30-25(29-14-6-8-20-7-4-5-11-23(20)29)21-12-13-26-24(19-21)28-17-15-27(16-18-28)22-9-2-1-3-10-22/h1-5,7,9-13,19H,6,8,14-18H2. The number of carbonyl (C=O) groups is 1. The molecule has 3 heterocycles. The summed E-state index contributed by atoms with van der Waals surface area (Å²) in [5.41, 5.74) is 4.27. The van der Waals surface area contributed by atoms with Crippen molar-refractivity contribution in [1.29, 1.82) is 0 Å². The second-order valence-corrected chi connectivity index (χ2v) is 7.90. The number of hydrogen-bond donors (Lipinski definition) is 0. The van der Waals surface area contributed by atoms with Crippen molar-refractivity contribution in [3.8, 4) is 0 Å². The fraction of sp³-hybridized carbons (Fsp3) is 0.280. The lowest BCUT2D eigenvalue weighted by Crippen LogP contribution is -2.47. The van der Waals surface area contributed by atoms with E-state index < -0.39 is 0 Å². The predicted molar refractivity (Wildman–Crippen MR) is 122 cm³/mol. The summed E-state index contributed by atoms with van der Waals surface area (Å²) in [6.07, 6.45) is 3.80. The van der Waals surface area contributed by atoms with Crippen molar-refractivity contribution in [2.45, 2.75) is 12.8 Å². The van der Waals surface area contributed by atoms with E-state index in [1.165, 1.54) is 11.3 Å². The monoisotopic (exact) mass is 398 g/mol. The van der Waals surface area contributed by atoms with E-state index in [0.717, 1.165) is 57.1 Å². The van der Waals surface area contributed by atoms with Crippen LogP contribution >= 0.6 is 0 Å². The Morgan fingerprint density at radius 3 is 2.37 bits per heavy atom. The molecule has 3 aromatic rings. The minimum Gasteiger partial charge on any atom is -0.368 e. The van der Waals surface area contributed by atoms with Gasteiger partial charge in [-0.05, 0) is 48.7 Å². The van der Waals surface area contributed by atoms with E-state index in [1.54, 1.807) is 6.20 Å². The maximum absolute atomic E-state index is 13.3. The van der Waals surface area contributed by atoms with Crippen molar-refractivity contribution < 1.29 is 4.79 Å². The lowest BCUT2D eigenvalue weighted by atomic mass is 10.0. The Morgan fingerprint density at radius 2 is 1.53 bits per heavy atom. The van der Waals surface area contributed by atoms with Crippen LogP contribution in [-0.4, -0.2) is 43.6 Å². The molecule has 0 saturated carbocycles. The molecule has 0 unspecified atom stereocenters. The van der Waals surface area contributed by atoms with Gasteiger partial charge in [0.2, 0.25) is 0 Å². The van der Waals surface area contributed by atoms with Gasteiger partial charge in [-0.25, -0.2) is 4.98 Å². The molecule has 0 radical (unpaired) electrons. The summed E-state index contributed by atoms with van der Waals surface area (Å²) in [5.74, 6) is 0.951. The summed E-state index contributed by atoms with van der Waals surface area (Å²) >= 11 is 0. The largest absolute Gasteiger partial charge is 0.368 e. The number of anilines is 3. The van der Waals surface area contributed by atoms with Gasteiger partial charge in [-0.3, -0.25) is 4.79 Å². The van der Waals surface area contributed by atoms with Crippen LogP contribution in [0.2, 0.25) is 0 Å². The van der Waals surface area contributed by atoms with Gasteiger partial charge in [-0.1, -0.05) is 36.4 Å². The molecule has 1 amide bonds. The van der Waals surface area contributed by atoms with Gasteiger partial charge in [-0.2, -0.15) is 0 Å². The Labute approximate surface area is 177 Å². The van der Waals surface area contributed by atoms with Crippen LogP contribution in [0.5, 0.6) is 0 Å². The number of carbonyl (C=O) groups excluding carboxylic acids is 1. The highest BCUT2D eigenvalue weighted by molar-refractivity contribution is 6.07. The van der Waals surface area contributed by atoms with E-state index in [0.29, 0.717) is 5.56 Å². The van der Waals surface area contributed by atoms with Crippen molar-refractivity contribution in [3.05, 3.63) is 84.1 Å². The molecular weight excluding hydrogens is 372 g/mol. The van der Waals surface area contributed by atoms with Crippen molar-refractivity contribution in [1.82, 2.24) is 4.98 Å². The van der Waals surface area contributed by atoms with Gasteiger partial charge in [0.1, 0.15) is 5.82 Å². The van der Waals surface area contributed by atoms with Crippen LogP contribution in [0, 0.1) is 0 Å². The van der Waals surface area contributed by atoms with Crippen LogP contribution in [0.3, 0.4) is 0 Å². The summed E-state index contributed by atoms with van der Waals surface area (Å²) in [6.45, 7) is 4.45. The maximum Gasteiger partial charge on any atom is 0.258 e. The molecule has 5 nitrogen and oxygen atoms in total. The minimum absolute atomic E-state index is 0.0636. The fourth-order valence-corrected chi connectivity index (χ4v) is 4.46. The number of fused-ring (bicyclic) bond motifs is 1. The van der Waals surface area contributed by atoms with Gasteiger partial charge in [0, 0.05) is 55.9 Å². The molecule has 0 aliphatic carbocycles. The third-order valence-electron chi connectivity index (χ3n) is 6.07. The van der Waals surface area contributed by atoms with Gasteiger partial charge >= 0.3 is 0 Å². The van der Waals surface area contributed by atoms with Crippen molar-refractivity contribution in [2.24, 2.45) is 0 Å². The lowest BCUT2D eigenvalue weighted by Gasteiger charge is -2.37. The number of hydrogen-bond acceptors (Lipinski definition) is 4. The van der Waals surface area contributed by atoms with E-state index in [-0.39, 0.29) is 5.91 Å². The van der Waals surface area contributed by atoms with Gasteiger partial charge in [0.15, 0.2) is 0 Å². The van der Waals surface area contributed by atoms with Gasteiger partial charge in [-0.15, -0.1) is 0 Å². The van der Waals surface area contributed by atoms with Crippen LogP contribution in [0.1, 0.15) is 22.3 Å². The number of aromatic nitrogens is 1. The first-order valence-corrected chi connectivity index (χ1v) is 10.7. The minimum atomic E-state index is 0.0636. The Balaban J connectivity index is 1.31. The van der Waals surface area contributed by atoms with Crippen LogP contribution in [-0.2, 0) is 6.42 Å². The van der Waals surface area contributed by atoms with E-state index in [1.807, 2.05) is 35.2 Å². The topological polar surface area (TPSA) is 39.7 Å². The molecule has 1 aromatic heterocycles. The molecular formula is C25H26N4O. The fourth-order valence-electron chi connectivity index (χ4n) is 4.46. The Bertz CT molecular complexity index is 1030. The Morgan fingerprint density at radius 1 is 0.800 bits per heavy atom. The zero-order valence-corrected chi connectivity index (χ0v) is 17.1. The molecule has 30 heavy (non-hydrogen) atoms. The first kappa shape index (κ1) is 18.7. The highest BCUT2D eigenvalue weighted by Crippen LogP contribution is 2.28. The summed E-state index contributed by atoms with van der Waals surface area (Å²) < 4.78 is 0. The van der Waals surface area contributed by atoms with Crippen LogP contribution in [0.25, 0.3) is 0 Å². The molecule has 5 rings (SSSR count). The average Bonchev–Trinajstić information content (AvgIpc) is 2.84. The number of pyridine rings is 1. The molecule has 0 spiro atoms. The zero-order valence-electron chi connectivity index (χ0n) is 17.1. The number of nitrogens with zero attached hydrogens (tertiary/aromatic N) is 4. The summed E-state index contributed by atoms with van der Waals surface area (Å²) in [4.78, 5) is 24.5. The molecule has 0 N–H and O–H groups in total. The molecule has 2 aliphatic rings. The highest BCUT2D eigenvalue weighted by atomic mass is 16.2. The normalized spacial score (nSPS) is 16.3. The Hall–Kier alpha value is -3.34. The van der Waals surface area contributed by atoms with Gasteiger partial charge in [0.05, 0.1) is 0 Å². The van der Waals surface area contributed by atoms with Gasteiger partial charge < -0.3 is 14.7 Å². The zero-order chi connectivity index (χ0) is 20.3. The lowest BCUT2D eigenvalue weighted by molar-refractivity contribution is 0.0985. The summed E-state index contributed by atoms with van der Waals surface area (Å²) in [5, 5.41) is 0. The highest BCUT2D eigenvalue weighted by Gasteiger charge is 2.25. The average molecular weight is 399 g/mol. The van der Waals surface area contributed by atoms with E-state index >= 15 is 0 Å². The van der Waals surface area contributed by atoms with E-state index in [2.05, 4.69) is 51.2 Å². The SMILES string of the molecule is O=C(c1ccnc(N2CCN(c3ccccc3)CC2)c1)N1CCCc2ccccc21. The summed E-state index contributed by atoms with van der Waals surface area (Å²) in [7, 11) is 0. The molecule has 2 aromatic carbocycles. The number of aryl methyl sites for hydroxylation is 1. The smallest absolute Gasteiger partial charge is 0.258 e. The quantitative estimate of drug-likeness (QED) is 0.669. The number of para-hydroxylation sites is 2. The summed E-state index contributed by atoms with van der Waals surface area (Å²) in [6, 6.07) is 22.5. The molecule has 0 bridgehead atoms. The van der Waals surface area contributed by atoms with Crippen LogP contribution in [0.15, 0.2) is 72.9 Å². The molecule has 2 aliphatic heterocycles. The number of rotatable bonds is 3. The molecule has 1 fully saturated rings. The first-order valence-electron chi connectivity index (χ1n) is 10.7. The first-order chi connectivity index (χ1) is 14.8. The van der Waals surface area contributed by atoms with Crippen molar-refractivity contribution in [2.75, 3.05) is 47.4 Å². The molecule has 0 atom stereocenters. The molecule has 1 saturated heterocycles. The molecule has 5 heteroatoms. The van der Waals surface area contributed by atoms with Gasteiger partial charge in [0.25, 0.3) is 5.91 Å². The van der Waals surface area contributed by atoms with Crippen LogP contribution < -0.4 is 14.7 Å². The second-order valence-electron chi connectivity index (χ2n) is 7.90. The number of benzene rings is 2. The second kappa shape index (κ2) is 8.19. The third-order valence-corrected chi connectivity index (χ3v) is 6.07. The number of amides is 1. The van der Waals surface area contributed by atoms with E-state index in [4.69, 9.17) is 0 Å². The van der Waals surface area contributed by atoms with Crippen molar-refractivity contribution >= 4 is 23.1 Å². The number of piperazine rings is 1. The Kier molecular flexibility index (Phi) is 5.10.